The van der Waals surface area contributed by atoms with Crippen molar-refractivity contribution in [2.45, 2.75) is 26.0 Å². The Bertz CT molecular complexity index is 154. The molecule has 2 atom stereocenters. The van der Waals surface area contributed by atoms with E-state index in [1.54, 1.807) is 0 Å². The van der Waals surface area contributed by atoms with Gasteiger partial charge < -0.3 is 14.6 Å². The molecule has 1 aliphatic rings. The second-order valence-corrected chi connectivity index (χ2v) is 3.82. The van der Waals surface area contributed by atoms with Crippen molar-refractivity contribution in [2.24, 2.45) is 0 Å². The van der Waals surface area contributed by atoms with Crippen LogP contribution in [0.5, 0.6) is 0 Å². The van der Waals surface area contributed by atoms with Crippen molar-refractivity contribution in [3.63, 3.8) is 0 Å². The Morgan fingerprint density at radius 2 is 2.21 bits per heavy atom. The molecule has 0 spiro atoms. The number of hydrogen-bond acceptors (Lipinski definition) is 4. The van der Waals surface area contributed by atoms with E-state index in [2.05, 4.69) is 18.7 Å². The Kier molecular flexibility index (Phi) is 5.40. The molecule has 1 saturated heterocycles. The Morgan fingerprint density at radius 1 is 1.43 bits per heavy atom. The summed E-state index contributed by atoms with van der Waals surface area (Å²) in [4.78, 5) is 2.37. The summed E-state index contributed by atoms with van der Waals surface area (Å²) in [6.45, 7) is 8.20. The van der Waals surface area contributed by atoms with Crippen molar-refractivity contribution < 1.29 is 14.6 Å². The average molecular weight is 203 g/mol. The fourth-order valence-electron chi connectivity index (χ4n) is 1.63. The van der Waals surface area contributed by atoms with Crippen LogP contribution in [0.4, 0.5) is 0 Å². The van der Waals surface area contributed by atoms with E-state index < -0.39 is 0 Å². The summed E-state index contributed by atoms with van der Waals surface area (Å²) < 4.78 is 10.8. The van der Waals surface area contributed by atoms with Crippen LogP contribution in [0.2, 0.25) is 0 Å². The zero-order valence-electron chi connectivity index (χ0n) is 9.11. The molecule has 0 radical (unpaired) electrons. The van der Waals surface area contributed by atoms with Crippen LogP contribution in [0.15, 0.2) is 0 Å². The number of aliphatic hydroxyl groups excluding tert-OH is 1. The van der Waals surface area contributed by atoms with Gasteiger partial charge in [0.15, 0.2) is 0 Å². The van der Waals surface area contributed by atoms with Gasteiger partial charge in [0.2, 0.25) is 0 Å². The third-order valence-corrected chi connectivity index (χ3v) is 2.50. The Balaban J connectivity index is 2.14. The highest BCUT2D eigenvalue weighted by Crippen LogP contribution is 2.10. The molecule has 1 aliphatic heterocycles. The van der Waals surface area contributed by atoms with Gasteiger partial charge in [-0.1, -0.05) is 0 Å². The molecule has 14 heavy (non-hydrogen) atoms. The minimum absolute atomic E-state index is 0.106. The van der Waals surface area contributed by atoms with Gasteiger partial charge >= 0.3 is 0 Å². The number of rotatable bonds is 5. The second kappa shape index (κ2) is 6.35. The summed E-state index contributed by atoms with van der Waals surface area (Å²) in [7, 11) is 0. The maximum atomic E-state index is 8.54. The molecule has 0 aromatic heterocycles. The number of aliphatic hydroxyl groups is 1. The van der Waals surface area contributed by atoms with E-state index >= 15 is 0 Å². The Morgan fingerprint density at radius 3 is 2.93 bits per heavy atom. The first-order chi connectivity index (χ1) is 6.74. The molecular weight excluding hydrogens is 182 g/mol. The zero-order chi connectivity index (χ0) is 10.4. The van der Waals surface area contributed by atoms with E-state index in [9.17, 15) is 0 Å². The molecule has 84 valence electrons. The molecule has 4 heteroatoms. The highest BCUT2D eigenvalue weighted by molar-refractivity contribution is 4.74. The van der Waals surface area contributed by atoms with Gasteiger partial charge in [-0.15, -0.1) is 0 Å². The van der Waals surface area contributed by atoms with Crippen LogP contribution in [0, 0.1) is 0 Å². The summed E-state index contributed by atoms with van der Waals surface area (Å²) in [6, 6.07) is 0.476. The van der Waals surface area contributed by atoms with Crippen LogP contribution >= 0.6 is 0 Å². The molecule has 1 fully saturated rings. The van der Waals surface area contributed by atoms with E-state index in [1.807, 2.05) is 0 Å². The number of nitrogens with zero attached hydrogens (tertiary/aromatic N) is 1. The van der Waals surface area contributed by atoms with E-state index in [-0.39, 0.29) is 6.61 Å². The van der Waals surface area contributed by atoms with Crippen LogP contribution in [0.1, 0.15) is 13.8 Å². The van der Waals surface area contributed by atoms with Crippen molar-refractivity contribution in [3.05, 3.63) is 0 Å². The summed E-state index contributed by atoms with van der Waals surface area (Å²) in [6.07, 6.45) is 0.323. The molecule has 0 bridgehead atoms. The number of morpholine rings is 1. The summed E-state index contributed by atoms with van der Waals surface area (Å²) >= 11 is 0. The quantitative estimate of drug-likeness (QED) is 0.644. The molecule has 1 heterocycles. The highest BCUT2D eigenvalue weighted by atomic mass is 16.5. The number of ether oxygens (including phenoxy) is 2. The van der Waals surface area contributed by atoms with E-state index in [0.29, 0.717) is 25.4 Å². The van der Waals surface area contributed by atoms with Crippen molar-refractivity contribution in [1.29, 1.82) is 0 Å². The molecule has 0 saturated carbocycles. The van der Waals surface area contributed by atoms with Crippen LogP contribution < -0.4 is 0 Å². The smallest absolute Gasteiger partial charge is 0.0698 e. The lowest BCUT2D eigenvalue weighted by molar-refractivity contribution is -0.0578. The van der Waals surface area contributed by atoms with Crippen molar-refractivity contribution in [3.8, 4) is 0 Å². The summed E-state index contributed by atoms with van der Waals surface area (Å²) in [5, 5.41) is 8.54. The average Bonchev–Trinajstić information content (AvgIpc) is 2.18. The van der Waals surface area contributed by atoms with Crippen LogP contribution in [-0.4, -0.2) is 61.7 Å². The SMILES string of the molecule is CC1CN(CCOCCO)C(C)CO1. The van der Waals surface area contributed by atoms with Crippen LogP contribution in [0.3, 0.4) is 0 Å². The Hall–Kier alpha value is -0.160. The second-order valence-electron chi connectivity index (χ2n) is 3.82. The largest absolute Gasteiger partial charge is 0.394 e. The molecule has 4 nitrogen and oxygen atoms in total. The summed E-state index contributed by atoms with van der Waals surface area (Å²) in [5.41, 5.74) is 0. The van der Waals surface area contributed by atoms with Crippen molar-refractivity contribution in [1.82, 2.24) is 4.90 Å². The van der Waals surface area contributed by atoms with Crippen molar-refractivity contribution >= 4 is 0 Å². The van der Waals surface area contributed by atoms with Gasteiger partial charge in [-0.25, -0.2) is 0 Å². The van der Waals surface area contributed by atoms with Gasteiger partial charge in [0.25, 0.3) is 0 Å². The molecule has 0 aromatic carbocycles. The maximum Gasteiger partial charge on any atom is 0.0698 e. The van der Waals surface area contributed by atoms with Gasteiger partial charge in [0.1, 0.15) is 0 Å². The lowest BCUT2D eigenvalue weighted by Crippen LogP contribution is -2.48. The van der Waals surface area contributed by atoms with Crippen LogP contribution in [0.25, 0.3) is 0 Å². The molecular formula is C10H21NO3. The standard InChI is InChI=1S/C10H21NO3/c1-9-8-14-10(2)7-11(9)3-5-13-6-4-12/h9-10,12H,3-8H2,1-2H3. The summed E-state index contributed by atoms with van der Waals surface area (Å²) in [5.74, 6) is 0. The monoisotopic (exact) mass is 203 g/mol. The molecule has 2 unspecified atom stereocenters. The molecule has 0 aromatic rings. The minimum Gasteiger partial charge on any atom is -0.394 e. The van der Waals surface area contributed by atoms with Gasteiger partial charge in [0, 0.05) is 19.1 Å². The zero-order valence-corrected chi connectivity index (χ0v) is 9.11. The highest BCUT2D eigenvalue weighted by Gasteiger charge is 2.22. The first-order valence-corrected chi connectivity index (χ1v) is 5.28. The molecule has 0 aliphatic carbocycles. The minimum atomic E-state index is 0.106. The number of hydrogen-bond donors (Lipinski definition) is 1. The lowest BCUT2D eigenvalue weighted by Gasteiger charge is -2.36. The van der Waals surface area contributed by atoms with Gasteiger partial charge in [-0.2, -0.15) is 0 Å². The van der Waals surface area contributed by atoms with Gasteiger partial charge in [-0.05, 0) is 13.8 Å². The predicted octanol–water partition coefficient (Wildman–Crippen LogP) is 0.104. The maximum absolute atomic E-state index is 8.54. The van der Waals surface area contributed by atoms with Crippen molar-refractivity contribution in [2.75, 3.05) is 39.5 Å². The van der Waals surface area contributed by atoms with E-state index in [1.165, 1.54) is 0 Å². The fraction of sp³-hybridized carbons (Fsp3) is 1.00. The lowest BCUT2D eigenvalue weighted by atomic mass is 10.2. The van der Waals surface area contributed by atoms with Gasteiger partial charge in [0.05, 0.1) is 32.5 Å². The third kappa shape index (κ3) is 3.92. The predicted molar refractivity (Wildman–Crippen MR) is 54.4 cm³/mol. The molecule has 1 N–H and O–H groups in total. The van der Waals surface area contributed by atoms with Gasteiger partial charge in [-0.3, -0.25) is 4.90 Å². The third-order valence-electron chi connectivity index (χ3n) is 2.50. The first kappa shape index (κ1) is 11.9. The van der Waals surface area contributed by atoms with E-state index in [4.69, 9.17) is 14.6 Å². The Labute approximate surface area is 85.8 Å². The van der Waals surface area contributed by atoms with E-state index in [0.717, 1.165) is 19.7 Å². The topological polar surface area (TPSA) is 41.9 Å². The van der Waals surface area contributed by atoms with Crippen LogP contribution in [-0.2, 0) is 9.47 Å². The first-order valence-electron chi connectivity index (χ1n) is 5.28. The normalized spacial score (nSPS) is 29.4. The molecule has 1 rings (SSSR count). The fourth-order valence-corrected chi connectivity index (χ4v) is 1.63. The molecule has 0 amide bonds.